The van der Waals surface area contributed by atoms with E-state index in [-0.39, 0.29) is 45.9 Å². The first-order valence-corrected chi connectivity index (χ1v) is 14.8. The highest BCUT2D eigenvalue weighted by atomic mass is 16.5. The Balaban J connectivity index is 1.45. The topological polar surface area (TPSA) is 55.8 Å². The van der Waals surface area contributed by atoms with Crippen LogP contribution in [0.2, 0.25) is 0 Å². The molecule has 5 rings (SSSR count). The summed E-state index contributed by atoms with van der Waals surface area (Å²) in [4.78, 5) is 11.9. The Morgan fingerprint density at radius 2 is 1.67 bits per heavy atom. The van der Waals surface area contributed by atoms with Gasteiger partial charge in [-0.25, -0.2) is 0 Å². The molecule has 0 aromatic heterocycles. The van der Waals surface area contributed by atoms with Crippen molar-refractivity contribution < 1.29 is 19.4 Å². The van der Waals surface area contributed by atoms with Gasteiger partial charge in [-0.1, -0.05) is 52.7 Å². The van der Waals surface area contributed by atoms with Crippen LogP contribution in [0.4, 0.5) is 0 Å². The van der Waals surface area contributed by atoms with E-state index in [9.17, 15) is 9.90 Å². The summed E-state index contributed by atoms with van der Waals surface area (Å²) in [6.07, 6.45) is 10.1. The third kappa shape index (κ3) is 3.55. The van der Waals surface area contributed by atoms with Crippen LogP contribution in [0.15, 0.2) is 11.1 Å². The van der Waals surface area contributed by atoms with Crippen molar-refractivity contribution in [2.45, 2.75) is 144 Å². The minimum Gasteiger partial charge on any atom is -0.462 e. The van der Waals surface area contributed by atoms with Crippen LogP contribution in [0.5, 0.6) is 0 Å². The third-order valence-electron chi connectivity index (χ3n) is 13.0. The average Bonchev–Trinajstić information content (AvgIpc) is 3.21. The van der Waals surface area contributed by atoms with Crippen LogP contribution in [0.3, 0.4) is 0 Å². The lowest BCUT2D eigenvalue weighted by Crippen LogP contribution is -2.56. The largest absolute Gasteiger partial charge is 0.462 e. The van der Waals surface area contributed by atoms with Crippen molar-refractivity contribution in [3.63, 3.8) is 0 Å². The summed E-state index contributed by atoms with van der Waals surface area (Å²) in [7, 11) is 0. The maximum Gasteiger partial charge on any atom is 0.302 e. The number of hydrogen-bond donors (Lipinski definition) is 1. The summed E-state index contributed by atoms with van der Waals surface area (Å²) in [6.45, 7) is 20.5. The summed E-state index contributed by atoms with van der Waals surface area (Å²) in [5.41, 5.74) is 3.86. The SMILES string of the molecule is CC(=O)O[C@H]1CC[C@]2(C)C3=C(CC[C@H]2C1(C)C)[C@]1(C)CC[C@H]([C@H](C)[C@H]2C[C@H](O)C(C)(C)O2)[C@@]1(C)CC3. The molecule has 0 amide bonds. The van der Waals surface area contributed by atoms with Gasteiger partial charge < -0.3 is 14.6 Å². The normalized spacial score (nSPS) is 48.1. The molecular formula is C32H52O4. The van der Waals surface area contributed by atoms with Crippen molar-refractivity contribution in [1.29, 1.82) is 0 Å². The molecule has 0 aromatic carbocycles. The smallest absolute Gasteiger partial charge is 0.302 e. The summed E-state index contributed by atoms with van der Waals surface area (Å²) in [6, 6.07) is 0. The predicted molar refractivity (Wildman–Crippen MR) is 143 cm³/mol. The molecule has 1 N–H and O–H groups in total. The first-order valence-electron chi connectivity index (χ1n) is 14.8. The molecular weight excluding hydrogens is 448 g/mol. The molecule has 9 atom stereocenters. The Morgan fingerprint density at radius 3 is 2.28 bits per heavy atom. The first-order chi connectivity index (χ1) is 16.6. The van der Waals surface area contributed by atoms with Crippen LogP contribution in [0, 0.1) is 39.4 Å². The van der Waals surface area contributed by atoms with Gasteiger partial charge in [0, 0.05) is 18.8 Å². The summed E-state index contributed by atoms with van der Waals surface area (Å²) in [5.74, 6) is 1.51. The molecule has 1 heterocycles. The number of esters is 1. The van der Waals surface area contributed by atoms with E-state index in [1.807, 2.05) is 13.8 Å². The van der Waals surface area contributed by atoms with Gasteiger partial charge >= 0.3 is 5.97 Å². The van der Waals surface area contributed by atoms with E-state index in [1.165, 1.54) is 38.5 Å². The Labute approximate surface area is 220 Å². The maximum absolute atomic E-state index is 11.9. The zero-order valence-corrected chi connectivity index (χ0v) is 24.5. The van der Waals surface area contributed by atoms with Crippen LogP contribution in [0.25, 0.3) is 0 Å². The molecule has 4 aliphatic carbocycles. The fourth-order valence-corrected chi connectivity index (χ4v) is 10.6. The van der Waals surface area contributed by atoms with Gasteiger partial charge in [0.25, 0.3) is 0 Å². The van der Waals surface area contributed by atoms with Crippen molar-refractivity contribution in [1.82, 2.24) is 0 Å². The molecule has 5 aliphatic rings. The molecule has 3 fully saturated rings. The molecule has 204 valence electrons. The third-order valence-corrected chi connectivity index (χ3v) is 13.0. The number of rotatable bonds is 3. The molecule has 2 saturated carbocycles. The number of allylic oxidation sites excluding steroid dienone is 2. The summed E-state index contributed by atoms with van der Waals surface area (Å²) < 4.78 is 12.3. The molecule has 0 aromatic rings. The number of carbonyl (C=O) groups is 1. The quantitative estimate of drug-likeness (QED) is 0.328. The summed E-state index contributed by atoms with van der Waals surface area (Å²) >= 11 is 0. The van der Waals surface area contributed by atoms with Crippen LogP contribution >= 0.6 is 0 Å². The lowest BCUT2D eigenvalue weighted by molar-refractivity contribution is -0.167. The van der Waals surface area contributed by atoms with Gasteiger partial charge in [0.2, 0.25) is 0 Å². The van der Waals surface area contributed by atoms with Gasteiger partial charge in [-0.2, -0.15) is 0 Å². The number of aliphatic hydroxyl groups is 1. The number of hydrogen-bond acceptors (Lipinski definition) is 4. The zero-order chi connectivity index (χ0) is 26.5. The Hall–Kier alpha value is -0.870. The van der Waals surface area contributed by atoms with Crippen molar-refractivity contribution in [3.05, 3.63) is 11.1 Å². The highest BCUT2D eigenvalue weighted by Gasteiger charge is 2.64. The molecule has 0 spiro atoms. The van der Waals surface area contributed by atoms with E-state index in [4.69, 9.17) is 9.47 Å². The molecule has 1 saturated heterocycles. The molecule has 0 unspecified atom stereocenters. The van der Waals surface area contributed by atoms with E-state index >= 15 is 0 Å². The number of aliphatic hydroxyl groups excluding tert-OH is 1. The first kappa shape index (κ1) is 26.7. The van der Waals surface area contributed by atoms with Gasteiger partial charge in [0.15, 0.2) is 0 Å². The van der Waals surface area contributed by atoms with Crippen molar-refractivity contribution in [2.75, 3.05) is 0 Å². The molecule has 4 nitrogen and oxygen atoms in total. The standard InChI is InChI=1S/C32H52O4/c1-19(24-18-26(34)29(5,6)36-24)21-12-16-32(9)23-10-11-25-28(3,4)27(35-20(2)33)14-15-30(25,7)22(23)13-17-31(21,32)8/h19,21,24-27,34H,10-18H2,1-9H3/t19-,21+,24+,25-,26-,27-,30+,31+,32-/m0/s1. The van der Waals surface area contributed by atoms with E-state index in [1.54, 1.807) is 18.1 Å². The minimum absolute atomic E-state index is 0.000961. The number of carbonyl (C=O) groups excluding carboxylic acids is 1. The van der Waals surface area contributed by atoms with Gasteiger partial charge in [0.1, 0.15) is 6.10 Å². The van der Waals surface area contributed by atoms with E-state index in [2.05, 4.69) is 41.5 Å². The maximum atomic E-state index is 11.9. The monoisotopic (exact) mass is 500 g/mol. The summed E-state index contributed by atoms with van der Waals surface area (Å²) in [5, 5.41) is 10.6. The molecule has 4 heteroatoms. The minimum atomic E-state index is -0.436. The van der Waals surface area contributed by atoms with Gasteiger partial charge in [-0.05, 0) is 99.2 Å². The van der Waals surface area contributed by atoms with Crippen LogP contribution in [-0.4, -0.2) is 35.0 Å². The molecule has 36 heavy (non-hydrogen) atoms. The zero-order valence-electron chi connectivity index (χ0n) is 24.5. The van der Waals surface area contributed by atoms with Gasteiger partial charge in [-0.15, -0.1) is 0 Å². The Bertz CT molecular complexity index is 948. The lowest BCUT2D eigenvalue weighted by atomic mass is 9.43. The van der Waals surface area contributed by atoms with Crippen molar-refractivity contribution in [3.8, 4) is 0 Å². The molecule has 1 aliphatic heterocycles. The van der Waals surface area contributed by atoms with E-state index < -0.39 is 5.60 Å². The Kier molecular flexibility index (Phi) is 6.17. The lowest BCUT2D eigenvalue weighted by Gasteiger charge is -2.62. The van der Waals surface area contributed by atoms with Crippen molar-refractivity contribution in [2.24, 2.45) is 39.4 Å². The molecule has 0 bridgehead atoms. The van der Waals surface area contributed by atoms with Crippen LogP contribution in [0.1, 0.15) is 120 Å². The van der Waals surface area contributed by atoms with E-state index in [0.29, 0.717) is 17.8 Å². The van der Waals surface area contributed by atoms with Crippen LogP contribution < -0.4 is 0 Å². The Morgan fingerprint density at radius 1 is 0.972 bits per heavy atom. The predicted octanol–water partition coefficient (Wildman–Crippen LogP) is 7.23. The average molecular weight is 501 g/mol. The van der Waals surface area contributed by atoms with Gasteiger partial charge in [-0.3, -0.25) is 4.79 Å². The van der Waals surface area contributed by atoms with E-state index in [0.717, 1.165) is 19.3 Å². The fourth-order valence-electron chi connectivity index (χ4n) is 10.6. The molecule has 0 radical (unpaired) electrons. The van der Waals surface area contributed by atoms with Crippen LogP contribution in [-0.2, 0) is 14.3 Å². The fraction of sp³-hybridized carbons (Fsp3) is 0.906. The highest BCUT2D eigenvalue weighted by Crippen LogP contribution is 2.72. The highest BCUT2D eigenvalue weighted by molar-refractivity contribution is 5.66. The second kappa shape index (κ2) is 8.31. The van der Waals surface area contributed by atoms with Gasteiger partial charge in [0.05, 0.1) is 17.8 Å². The number of ether oxygens (including phenoxy) is 2. The number of fused-ring (bicyclic) bond motifs is 4. The second-order valence-corrected chi connectivity index (χ2v) is 15.2. The van der Waals surface area contributed by atoms with Crippen molar-refractivity contribution >= 4 is 5.97 Å². The second-order valence-electron chi connectivity index (χ2n) is 15.2.